The van der Waals surface area contributed by atoms with Crippen LogP contribution in [0.4, 0.5) is 0 Å². The summed E-state index contributed by atoms with van der Waals surface area (Å²) in [5, 5.41) is 8.99. The van der Waals surface area contributed by atoms with Gasteiger partial charge in [-0.3, -0.25) is 4.90 Å². The van der Waals surface area contributed by atoms with Crippen LogP contribution in [0, 0.1) is 17.2 Å². The highest BCUT2D eigenvalue weighted by atomic mass is 16.5. The van der Waals surface area contributed by atoms with Crippen molar-refractivity contribution in [1.82, 2.24) is 4.90 Å². The van der Waals surface area contributed by atoms with Crippen LogP contribution in [0.2, 0.25) is 0 Å². The number of ether oxygens (including phenoxy) is 1. The third-order valence-electron chi connectivity index (χ3n) is 3.11. The Morgan fingerprint density at radius 1 is 1.47 bits per heavy atom. The first-order valence-corrected chi connectivity index (χ1v) is 5.86. The topological polar surface area (TPSA) is 36.3 Å². The van der Waals surface area contributed by atoms with Gasteiger partial charge in [-0.25, -0.2) is 0 Å². The maximum atomic E-state index is 8.99. The average Bonchev–Trinajstić information content (AvgIpc) is 2.64. The lowest BCUT2D eigenvalue weighted by atomic mass is 10.0. The van der Waals surface area contributed by atoms with Crippen LogP contribution in [0.1, 0.15) is 33.1 Å². The van der Waals surface area contributed by atoms with Crippen LogP contribution in [0.5, 0.6) is 0 Å². The van der Waals surface area contributed by atoms with Gasteiger partial charge in [0.05, 0.1) is 24.7 Å². The van der Waals surface area contributed by atoms with Gasteiger partial charge in [-0.05, 0) is 33.7 Å². The Bertz CT molecular complexity index is 222. The van der Waals surface area contributed by atoms with E-state index in [1.54, 1.807) is 0 Å². The third kappa shape index (κ3) is 3.81. The van der Waals surface area contributed by atoms with Gasteiger partial charge in [0.25, 0.3) is 0 Å². The van der Waals surface area contributed by atoms with Crippen molar-refractivity contribution in [3.63, 3.8) is 0 Å². The minimum Gasteiger partial charge on any atom is -0.377 e. The largest absolute Gasteiger partial charge is 0.377 e. The van der Waals surface area contributed by atoms with Gasteiger partial charge in [-0.2, -0.15) is 5.26 Å². The van der Waals surface area contributed by atoms with Crippen LogP contribution < -0.4 is 0 Å². The fourth-order valence-electron chi connectivity index (χ4n) is 2.22. The molecule has 0 heterocycles. The van der Waals surface area contributed by atoms with Gasteiger partial charge in [0, 0.05) is 12.6 Å². The van der Waals surface area contributed by atoms with Gasteiger partial charge in [0.2, 0.25) is 0 Å². The van der Waals surface area contributed by atoms with Crippen molar-refractivity contribution >= 4 is 0 Å². The first-order chi connectivity index (χ1) is 7.15. The van der Waals surface area contributed by atoms with Crippen LogP contribution in [0.25, 0.3) is 0 Å². The van der Waals surface area contributed by atoms with E-state index in [9.17, 15) is 0 Å². The van der Waals surface area contributed by atoms with Crippen molar-refractivity contribution < 1.29 is 4.74 Å². The van der Waals surface area contributed by atoms with Crippen LogP contribution in [0.3, 0.4) is 0 Å². The quantitative estimate of drug-likeness (QED) is 0.696. The minimum atomic E-state index is 0.231. The molecule has 0 radical (unpaired) electrons. The first kappa shape index (κ1) is 12.5. The highest BCUT2D eigenvalue weighted by Crippen LogP contribution is 2.28. The number of rotatable bonds is 5. The average molecular weight is 210 g/mol. The van der Waals surface area contributed by atoms with Crippen LogP contribution in [-0.2, 0) is 4.74 Å². The zero-order chi connectivity index (χ0) is 11.3. The Hall–Kier alpha value is -0.590. The SMILES string of the molecule is CC(C)OCCN(C)C1CCCC1C#N. The molecule has 86 valence electrons. The van der Waals surface area contributed by atoms with E-state index in [0.29, 0.717) is 12.1 Å². The Morgan fingerprint density at radius 3 is 2.80 bits per heavy atom. The van der Waals surface area contributed by atoms with Crippen molar-refractivity contribution in [2.24, 2.45) is 5.92 Å². The number of nitriles is 1. The van der Waals surface area contributed by atoms with E-state index < -0.39 is 0 Å². The van der Waals surface area contributed by atoms with Crippen LogP contribution >= 0.6 is 0 Å². The molecule has 0 aliphatic heterocycles. The molecule has 0 saturated heterocycles. The van der Waals surface area contributed by atoms with Crippen molar-refractivity contribution in [3.05, 3.63) is 0 Å². The van der Waals surface area contributed by atoms with Gasteiger partial charge in [-0.15, -0.1) is 0 Å². The molecular weight excluding hydrogens is 188 g/mol. The summed E-state index contributed by atoms with van der Waals surface area (Å²) in [6.07, 6.45) is 3.72. The maximum absolute atomic E-state index is 8.99. The van der Waals surface area contributed by atoms with E-state index >= 15 is 0 Å². The molecule has 0 spiro atoms. The fourth-order valence-corrected chi connectivity index (χ4v) is 2.22. The monoisotopic (exact) mass is 210 g/mol. The van der Waals surface area contributed by atoms with Gasteiger partial charge in [-0.1, -0.05) is 6.42 Å². The lowest BCUT2D eigenvalue weighted by Gasteiger charge is -2.26. The van der Waals surface area contributed by atoms with Gasteiger partial charge in [0.1, 0.15) is 0 Å². The fraction of sp³-hybridized carbons (Fsp3) is 0.917. The van der Waals surface area contributed by atoms with Crippen molar-refractivity contribution in [2.45, 2.75) is 45.3 Å². The second kappa shape index (κ2) is 6.09. The molecule has 0 bridgehead atoms. The molecule has 1 saturated carbocycles. The summed E-state index contributed by atoms with van der Waals surface area (Å²) in [4.78, 5) is 2.28. The van der Waals surface area contributed by atoms with E-state index in [0.717, 1.165) is 26.0 Å². The molecule has 3 nitrogen and oxygen atoms in total. The molecule has 1 aliphatic carbocycles. The standard InChI is InChI=1S/C12H22N2O/c1-10(2)15-8-7-14(3)12-6-4-5-11(12)9-13/h10-12H,4-8H2,1-3H3. The summed E-state index contributed by atoms with van der Waals surface area (Å²) in [7, 11) is 2.10. The Kier molecular flexibility index (Phi) is 5.07. The molecule has 0 aromatic heterocycles. The minimum absolute atomic E-state index is 0.231. The lowest BCUT2D eigenvalue weighted by molar-refractivity contribution is 0.0539. The molecular formula is C12H22N2O. The van der Waals surface area contributed by atoms with E-state index in [2.05, 4.69) is 18.0 Å². The van der Waals surface area contributed by atoms with Crippen LogP contribution in [-0.4, -0.2) is 37.2 Å². The Balaban J connectivity index is 2.27. The smallest absolute Gasteiger partial charge is 0.0672 e. The predicted octanol–water partition coefficient (Wildman–Crippen LogP) is 2.04. The summed E-state index contributed by atoms with van der Waals surface area (Å²) in [5.41, 5.74) is 0. The highest BCUT2D eigenvalue weighted by molar-refractivity contribution is 4.96. The molecule has 3 heteroatoms. The number of likely N-dealkylation sites (N-methyl/N-ethyl adjacent to an activating group) is 1. The summed E-state index contributed by atoms with van der Waals surface area (Å²) in [6, 6.07) is 2.86. The molecule has 0 N–H and O–H groups in total. The lowest BCUT2D eigenvalue weighted by Crippen LogP contribution is -2.36. The van der Waals surface area contributed by atoms with Crippen molar-refractivity contribution in [1.29, 1.82) is 5.26 Å². The van der Waals surface area contributed by atoms with Gasteiger partial charge < -0.3 is 4.74 Å². The van der Waals surface area contributed by atoms with Gasteiger partial charge in [0.15, 0.2) is 0 Å². The van der Waals surface area contributed by atoms with E-state index in [-0.39, 0.29) is 5.92 Å². The molecule has 15 heavy (non-hydrogen) atoms. The number of hydrogen-bond acceptors (Lipinski definition) is 3. The Labute approximate surface area is 93.0 Å². The first-order valence-electron chi connectivity index (χ1n) is 5.86. The molecule has 0 aromatic rings. The summed E-state index contributed by atoms with van der Waals surface area (Å²) < 4.78 is 5.52. The summed E-state index contributed by atoms with van der Waals surface area (Å²) >= 11 is 0. The summed E-state index contributed by atoms with van der Waals surface area (Å²) in [5.74, 6) is 0.231. The second-order valence-electron chi connectivity index (χ2n) is 4.63. The van der Waals surface area contributed by atoms with Gasteiger partial charge >= 0.3 is 0 Å². The molecule has 1 aliphatic rings. The predicted molar refractivity (Wildman–Crippen MR) is 60.5 cm³/mol. The second-order valence-corrected chi connectivity index (χ2v) is 4.63. The van der Waals surface area contributed by atoms with Crippen molar-refractivity contribution in [2.75, 3.05) is 20.2 Å². The molecule has 1 fully saturated rings. The zero-order valence-electron chi connectivity index (χ0n) is 10.1. The number of hydrogen-bond donors (Lipinski definition) is 0. The van der Waals surface area contributed by atoms with E-state index in [1.165, 1.54) is 6.42 Å². The normalized spacial score (nSPS) is 26.1. The zero-order valence-corrected chi connectivity index (χ0v) is 10.1. The highest BCUT2D eigenvalue weighted by Gasteiger charge is 2.29. The van der Waals surface area contributed by atoms with E-state index in [1.807, 2.05) is 13.8 Å². The van der Waals surface area contributed by atoms with Crippen molar-refractivity contribution in [3.8, 4) is 6.07 Å². The maximum Gasteiger partial charge on any atom is 0.0672 e. The van der Waals surface area contributed by atoms with Crippen LogP contribution in [0.15, 0.2) is 0 Å². The van der Waals surface area contributed by atoms with E-state index in [4.69, 9.17) is 10.00 Å². The third-order valence-corrected chi connectivity index (χ3v) is 3.11. The molecule has 1 rings (SSSR count). The number of nitrogens with zero attached hydrogens (tertiary/aromatic N) is 2. The Morgan fingerprint density at radius 2 is 2.20 bits per heavy atom. The summed E-state index contributed by atoms with van der Waals surface area (Å²) in [6.45, 7) is 5.80. The molecule has 2 unspecified atom stereocenters. The molecule has 2 atom stereocenters. The molecule has 0 aromatic carbocycles. The molecule has 0 amide bonds.